The van der Waals surface area contributed by atoms with Crippen molar-refractivity contribution in [3.63, 3.8) is 0 Å². The fourth-order valence-corrected chi connectivity index (χ4v) is 1.82. The fraction of sp³-hybridized carbons (Fsp3) is 0.533. The third kappa shape index (κ3) is 5.21. The minimum atomic E-state index is 0.237. The number of hydrogen-bond acceptors (Lipinski definition) is 3. The van der Waals surface area contributed by atoms with Crippen LogP contribution in [0.1, 0.15) is 39.2 Å². The Morgan fingerprint density at radius 3 is 2.06 bits per heavy atom. The highest BCUT2D eigenvalue weighted by Crippen LogP contribution is 2.24. The van der Waals surface area contributed by atoms with Crippen LogP contribution in [0.4, 0.5) is 0 Å². The monoisotopic (exact) mass is 250 g/mol. The number of hydrogen-bond donors (Lipinski definition) is 0. The molecule has 0 bridgehead atoms. The van der Waals surface area contributed by atoms with Crippen LogP contribution in [0.15, 0.2) is 18.2 Å². The van der Waals surface area contributed by atoms with E-state index in [1.54, 1.807) is 6.92 Å². The molecule has 0 unspecified atom stereocenters. The van der Waals surface area contributed by atoms with Crippen LogP contribution in [-0.2, 0) is 11.2 Å². The minimum absolute atomic E-state index is 0.237. The maximum absolute atomic E-state index is 10.9. The lowest BCUT2D eigenvalue weighted by Crippen LogP contribution is -1.98. The van der Waals surface area contributed by atoms with E-state index in [9.17, 15) is 4.79 Å². The summed E-state index contributed by atoms with van der Waals surface area (Å²) in [5, 5.41) is 0. The number of rotatable bonds is 8. The zero-order valence-corrected chi connectivity index (χ0v) is 11.5. The minimum Gasteiger partial charge on any atom is -0.494 e. The molecule has 0 spiro atoms. The van der Waals surface area contributed by atoms with Crippen molar-refractivity contribution in [1.29, 1.82) is 0 Å². The molecule has 0 radical (unpaired) electrons. The van der Waals surface area contributed by atoms with Crippen LogP contribution in [0.2, 0.25) is 0 Å². The standard InChI is InChI=1S/C15H22O3/c1-4-17-14-9-13(8-6-7-12(3)16)10-15(11-14)18-5-2/h9-11H,4-8H2,1-3H3. The summed E-state index contributed by atoms with van der Waals surface area (Å²) in [4.78, 5) is 10.9. The van der Waals surface area contributed by atoms with E-state index < -0.39 is 0 Å². The first-order valence-electron chi connectivity index (χ1n) is 6.54. The number of benzene rings is 1. The van der Waals surface area contributed by atoms with E-state index in [0.717, 1.165) is 29.9 Å². The molecule has 0 amide bonds. The number of ether oxygens (including phenoxy) is 2. The molecule has 0 N–H and O–H groups in total. The molecule has 0 aromatic heterocycles. The van der Waals surface area contributed by atoms with Crippen molar-refractivity contribution in [3.8, 4) is 11.5 Å². The summed E-state index contributed by atoms with van der Waals surface area (Å²) in [6.07, 6.45) is 2.37. The van der Waals surface area contributed by atoms with Gasteiger partial charge in [-0.1, -0.05) is 0 Å². The summed E-state index contributed by atoms with van der Waals surface area (Å²) in [6, 6.07) is 5.94. The predicted molar refractivity (Wildman–Crippen MR) is 72.4 cm³/mol. The van der Waals surface area contributed by atoms with Gasteiger partial charge in [-0.05, 0) is 51.3 Å². The Hall–Kier alpha value is -1.51. The van der Waals surface area contributed by atoms with Gasteiger partial charge in [0.15, 0.2) is 0 Å². The Morgan fingerprint density at radius 1 is 1.06 bits per heavy atom. The average molecular weight is 250 g/mol. The Labute approximate surface area is 109 Å². The molecule has 18 heavy (non-hydrogen) atoms. The van der Waals surface area contributed by atoms with Crippen LogP contribution in [0, 0.1) is 0 Å². The van der Waals surface area contributed by atoms with Crippen LogP contribution in [0.3, 0.4) is 0 Å². The van der Waals surface area contributed by atoms with E-state index in [2.05, 4.69) is 0 Å². The van der Waals surface area contributed by atoms with Crippen molar-refractivity contribution >= 4 is 5.78 Å². The molecule has 0 saturated carbocycles. The van der Waals surface area contributed by atoms with Gasteiger partial charge >= 0.3 is 0 Å². The average Bonchev–Trinajstić information content (AvgIpc) is 2.29. The molecular formula is C15H22O3. The second-order valence-corrected chi connectivity index (χ2v) is 4.23. The molecule has 1 aromatic rings. The molecular weight excluding hydrogens is 228 g/mol. The van der Waals surface area contributed by atoms with E-state index in [1.807, 2.05) is 32.0 Å². The van der Waals surface area contributed by atoms with Crippen molar-refractivity contribution in [2.24, 2.45) is 0 Å². The molecule has 0 aliphatic heterocycles. The molecule has 1 rings (SSSR count). The summed E-state index contributed by atoms with van der Waals surface area (Å²) in [5.74, 6) is 1.91. The fourth-order valence-electron chi connectivity index (χ4n) is 1.82. The number of ketones is 1. The second kappa shape index (κ2) is 7.75. The van der Waals surface area contributed by atoms with E-state index in [4.69, 9.17) is 9.47 Å². The number of aryl methyl sites for hydroxylation is 1. The summed E-state index contributed by atoms with van der Waals surface area (Å²) < 4.78 is 11.0. The number of Topliss-reactive ketones (excluding diaryl/α,β-unsaturated/α-hetero) is 1. The third-order valence-electron chi connectivity index (χ3n) is 2.56. The summed E-state index contributed by atoms with van der Waals surface area (Å²) in [7, 11) is 0. The van der Waals surface area contributed by atoms with Crippen molar-refractivity contribution in [1.82, 2.24) is 0 Å². The lowest BCUT2D eigenvalue weighted by Gasteiger charge is -2.10. The highest BCUT2D eigenvalue weighted by Gasteiger charge is 2.03. The first-order valence-corrected chi connectivity index (χ1v) is 6.54. The van der Waals surface area contributed by atoms with Crippen LogP contribution in [0.5, 0.6) is 11.5 Å². The van der Waals surface area contributed by atoms with Gasteiger partial charge in [0.1, 0.15) is 17.3 Å². The maximum atomic E-state index is 10.9. The maximum Gasteiger partial charge on any atom is 0.129 e. The predicted octanol–water partition coefficient (Wildman–Crippen LogP) is 3.40. The Morgan fingerprint density at radius 2 is 1.61 bits per heavy atom. The highest BCUT2D eigenvalue weighted by molar-refractivity contribution is 5.75. The van der Waals surface area contributed by atoms with E-state index in [-0.39, 0.29) is 5.78 Å². The molecule has 0 saturated heterocycles. The number of carbonyl (C=O) groups excluding carboxylic acids is 1. The lowest BCUT2D eigenvalue weighted by molar-refractivity contribution is -0.117. The van der Waals surface area contributed by atoms with Crippen molar-refractivity contribution in [3.05, 3.63) is 23.8 Å². The largest absolute Gasteiger partial charge is 0.494 e. The molecule has 0 aliphatic rings. The van der Waals surface area contributed by atoms with Crippen LogP contribution in [0.25, 0.3) is 0 Å². The molecule has 3 heteroatoms. The van der Waals surface area contributed by atoms with Gasteiger partial charge in [-0.15, -0.1) is 0 Å². The van der Waals surface area contributed by atoms with E-state index in [1.165, 1.54) is 0 Å². The second-order valence-electron chi connectivity index (χ2n) is 4.23. The highest BCUT2D eigenvalue weighted by atomic mass is 16.5. The molecule has 1 aromatic carbocycles. The lowest BCUT2D eigenvalue weighted by atomic mass is 10.1. The third-order valence-corrected chi connectivity index (χ3v) is 2.56. The number of carbonyl (C=O) groups is 1. The van der Waals surface area contributed by atoms with Crippen molar-refractivity contribution in [2.45, 2.75) is 40.0 Å². The SMILES string of the molecule is CCOc1cc(CCCC(C)=O)cc(OCC)c1. The Bertz CT molecular complexity index is 361. The molecule has 0 fully saturated rings. The van der Waals surface area contributed by atoms with Gasteiger partial charge in [-0.2, -0.15) is 0 Å². The Balaban J connectivity index is 2.71. The Kier molecular flexibility index (Phi) is 6.26. The van der Waals surface area contributed by atoms with Gasteiger partial charge in [-0.3, -0.25) is 0 Å². The normalized spacial score (nSPS) is 10.2. The topological polar surface area (TPSA) is 35.5 Å². The van der Waals surface area contributed by atoms with Gasteiger partial charge in [0, 0.05) is 12.5 Å². The van der Waals surface area contributed by atoms with Gasteiger partial charge in [0.2, 0.25) is 0 Å². The summed E-state index contributed by atoms with van der Waals surface area (Å²) in [5.41, 5.74) is 1.16. The van der Waals surface area contributed by atoms with Crippen LogP contribution >= 0.6 is 0 Å². The quantitative estimate of drug-likeness (QED) is 0.709. The first kappa shape index (κ1) is 14.6. The molecule has 100 valence electrons. The van der Waals surface area contributed by atoms with Gasteiger partial charge in [0.05, 0.1) is 13.2 Å². The smallest absolute Gasteiger partial charge is 0.129 e. The van der Waals surface area contributed by atoms with Crippen molar-refractivity contribution < 1.29 is 14.3 Å². The molecule has 3 nitrogen and oxygen atoms in total. The first-order chi connectivity index (χ1) is 8.65. The van der Waals surface area contributed by atoms with Gasteiger partial charge in [0.25, 0.3) is 0 Å². The van der Waals surface area contributed by atoms with Crippen molar-refractivity contribution in [2.75, 3.05) is 13.2 Å². The molecule has 0 heterocycles. The molecule has 0 atom stereocenters. The van der Waals surface area contributed by atoms with Gasteiger partial charge in [-0.25, -0.2) is 0 Å². The van der Waals surface area contributed by atoms with Gasteiger partial charge < -0.3 is 14.3 Å². The van der Waals surface area contributed by atoms with E-state index >= 15 is 0 Å². The zero-order valence-electron chi connectivity index (χ0n) is 11.5. The summed E-state index contributed by atoms with van der Waals surface area (Å²) >= 11 is 0. The van der Waals surface area contributed by atoms with E-state index in [0.29, 0.717) is 19.6 Å². The zero-order chi connectivity index (χ0) is 13.4. The summed E-state index contributed by atoms with van der Waals surface area (Å²) in [6.45, 7) is 6.83. The van der Waals surface area contributed by atoms with Crippen LogP contribution < -0.4 is 9.47 Å². The van der Waals surface area contributed by atoms with Crippen LogP contribution in [-0.4, -0.2) is 19.0 Å². The molecule has 0 aliphatic carbocycles.